The Hall–Kier alpha value is -2.60. The second-order valence-electron chi connectivity index (χ2n) is 5.86. The van der Waals surface area contributed by atoms with Crippen molar-refractivity contribution in [3.8, 4) is 5.75 Å². The fraction of sp³-hybridized carbons (Fsp3) is 0.263. The Morgan fingerprint density at radius 2 is 2.12 bits per heavy atom. The third-order valence-electron chi connectivity index (χ3n) is 4.12. The molecule has 0 fully saturated rings. The number of thiophene rings is 1. The molecule has 1 aromatic carbocycles. The molecule has 5 nitrogen and oxygen atoms in total. The Balaban J connectivity index is 1.68. The maximum absolute atomic E-state index is 12.3. The second-order valence-corrected chi connectivity index (χ2v) is 6.97. The molecule has 0 radical (unpaired) electrons. The lowest BCUT2D eigenvalue weighted by atomic mass is 10.1. The molecule has 6 heteroatoms. The van der Waals surface area contributed by atoms with Gasteiger partial charge >= 0.3 is 0 Å². The number of amides is 2. The fourth-order valence-corrected chi connectivity index (χ4v) is 4.34. The molecule has 0 bridgehead atoms. The van der Waals surface area contributed by atoms with Gasteiger partial charge in [-0.25, -0.2) is 0 Å². The van der Waals surface area contributed by atoms with Crippen LogP contribution in [0, 0.1) is 0 Å². The van der Waals surface area contributed by atoms with Crippen LogP contribution in [0.2, 0.25) is 0 Å². The normalized spacial score (nSPS) is 12.5. The zero-order valence-electron chi connectivity index (χ0n) is 13.8. The van der Waals surface area contributed by atoms with Gasteiger partial charge in [-0.2, -0.15) is 0 Å². The first-order valence-corrected chi connectivity index (χ1v) is 8.97. The quantitative estimate of drug-likeness (QED) is 0.748. The zero-order valence-corrected chi connectivity index (χ0v) is 14.7. The summed E-state index contributed by atoms with van der Waals surface area (Å²) in [6, 6.07) is 7.53. The first kappa shape index (κ1) is 17.2. The molecule has 25 heavy (non-hydrogen) atoms. The van der Waals surface area contributed by atoms with E-state index in [1.54, 1.807) is 6.08 Å². The van der Waals surface area contributed by atoms with Crippen LogP contribution in [0.1, 0.15) is 32.8 Å². The standard InChI is InChI=1S/C19H20N2O3S/c1-2-6-12-7-3-4-9-14(12)24-11-16(22)21-19-17(18(20)23)13-8-5-10-15(13)25-19/h2-4,7,9H,1,5-6,8,10-11H2,(H2,20,23)(H,21,22). The van der Waals surface area contributed by atoms with Crippen LogP contribution in [0.5, 0.6) is 5.75 Å². The van der Waals surface area contributed by atoms with E-state index in [9.17, 15) is 9.59 Å². The van der Waals surface area contributed by atoms with Gasteiger partial charge in [-0.05, 0) is 42.9 Å². The SMILES string of the molecule is C=CCc1ccccc1OCC(=O)Nc1sc2c(c1C(N)=O)CCC2. The number of allylic oxidation sites excluding steroid dienone is 1. The third kappa shape index (κ3) is 3.74. The van der Waals surface area contributed by atoms with E-state index in [4.69, 9.17) is 10.5 Å². The average Bonchev–Trinajstić information content (AvgIpc) is 3.14. The highest BCUT2D eigenvalue weighted by Crippen LogP contribution is 2.38. The smallest absolute Gasteiger partial charge is 0.262 e. The number of ether oxygens (including phenoxy) is 1. The Labute approximate surface area is 150 Å². The summed E-state index contributed by atoms with van der Waals surface area (Å²) in [5.41, 5.74) is 7.92. The molecule has 3 N–H and O–H groups in total. The average molecular weight is 356 g/mol. The molecule has 0 saturated heterocycles. The van der Waals surface area contributed by atoms with Crippen LogP contribution in [-0.4, -0.2) is 18.4 Å². The maximum atomic E-state index is 12.3. The van der Waals surface area contributed by atoms with E-state index in [2.05, 4.69) is 11.9 Å². The number of hydrogen-bond acceptors (Lipinski definition) is 4. The maximum Gasteiger partial charge on any atom is 0.262 e. The van der Waals surface area contributed by atoms with Crippen molar-refractivity contribution in [1.82, 2.24) is 0 Å². The minimum atomic E-state index is -0.494. The van der Waals surface area contributed by atoms with E-state index in [0.717, 1.165) is 35.3 Å². The number of nitrogens with two attached hydrogens (primary N) is 1. The van der Waals surface area contributed by atoms with Gasteiger partial charge in [-0.1, -0.05) is 24.3 Å². The van der Waals surface area contributed by atoms with Gasteiger partial charge in [0.25, 0.3) is 11.8 Å². The molecule has 1 aromatic heterocycles. The number of carbonyl (C=O) groups excluding carboxylic acids is 2. The first-order chi connectivity index (χ1) is 12.1. The molecule has 0 saturated carbocycles. The van der Waals surface area contributed by atoms with Crippen molar-refractivity contribution >= 4 is 28.2 Å². The molecule has 3 rings (SSSR count). The molecule has 0 spiro atoms. The zero-order chi connectivity index (χ0) is 17.8. The predicted octanol–water partition coefficient (Wildman–Crippen LogP) is 3.08. The molecule has 130 valence electrons. The Kier molecular flexibility index (Phi) is 5.19. The van der Waals surface area contributed by atoms with Crippen LogP contribution in [0.3, 0.4) is 0 Å². The molecule has 0 atom stereocenters. The van der Waals surface area contributed by atoms with Crippen molar-refractivity contribution in [3.63, 3.8) is 0 Å². The highest BCUT2D eigenvalue weighted by atomic mass is 32.1. The first-order valence-electron chi connectivity index (χ1n) is 8.16. The van der Waals surface area contributed by atoms with Gasteiger partial charge in [0.2, 0.25) is 0 Å². The fourth-order valence-electron chi connectivity index (χ4n) is 3.03. The number of hydrogen-bond donors (Lipinski definition) is 2. The van der Waals surface area contributed by atoms with E-state index in [0.29, 0.717) is 22.7 Å². The lowest BCUT2D eigenvalue weighted by molar-refractivity contribution is -0.118. The molecular weight excluding hydrogens is 336 g/mol. The Morgan fingerprint density at radius 1 is 1.32 bits per heavy atom. The van der Waals surface area contributed by atoms with Gasteiger partial charge in [0.15, 0.2) is 6.61 Å². The van der Waals surface area contributed by atoms with Crippen molar-refractivity contribution in [3.05, 3.63) is 58.5 Å². The van der Waals surface area contributed by atoms with E-state index in [1.807, 2.05) is 24.3 Å². The summed E-state index contributed by atoms with van der Waals surface area (Å²) in [5, 5.41) is 3.31. The van der Waals surface area contributed by atoms with Gasteiger partial charge in [0.05, 0.1) is 5.56 Å². The van der Waals surface area contributed by atoms with Crippen LogP contribution < -0.4 is 15.8 Å². The summed E-state index contributed by atoms with van der Waals surface area (Å²) in [5.74, 6) is -0.149. The number of aryl methyl sites for hydroxylation is 1. The summed E-state index contributed by atoms with van der Waals surface area (Å²) in [6.45, 7) is 3.59. The van der Waals surface area contributed by atoms with E-state index >= 15 is 0 Å². The lowest BCUT2D eigenvalue weighted by Crippen LogP contribution is -2.22. The predicted molar refractivity (Wildman–Crippen MR) is 99.3 cm³/mol. The van der Waals surface area contributed by atoms with Crippen molar-refractivity contribution in [2.24, 2.45) is 5.73 Å². The summed E-state index contributed by atoms with van der Waals surface area (Å²) in [6.07, 6.45) is 5.25. The van der Waals surface area contributed by atoms with E-state index in [1.165, 1.54) is 11.3 Å². The number of primary amides is 1. The van der Waals surface area contributed by atoms with Crippen molar-refractivity contribution in [2.75, 3.05) is 11.9 Å². The molecule has 0 unspecified atom stereocenters. The van der Waals surface area contributed by atoms with E-state index < -0.39 is 5.91 Å². The Morgan fingerprint density at radius 3 is 2.88 bits per heavy atom. The van der Waals surface area contributed by atoms with Crippen LogP contribution >= 0.6 is 11.3 Å². The highest BCUT2D eigenvalue weighted by Gasteiger charge is 2.26. The van der Waals surface area contributed by atoms with Crippen molar-refractivity contribution in [2.45, 2.75) is 25.7 Å². The van der Waals surface area contributed by atoms with Crippen LogP contribution in [-0.2, 0) is 24.1 Å². The molecule has 2 amide bonds. The summed E-state index contributed by atoms with van der Waals surface area (Å²) >= 11 is 1.44. The molecule has 1 aliphatic rings. The summed E-state index contributed by atoms with van der Waals surface area (Å²) in [7, 11) is 0. The molecule has 0 aliphatic heterocycles. The second kappa shape index (κ2) is 7.53. The number of nitrogens with one attached hydrogen (secondary N) is 1. The number of benzene rings is 1. The van der Waals surface area contributed by atoms with Crippen molar-refractivity contribution < 1.29 is 14.3 Å². The van der Waals surface area contributed by atoms with Gasteiger partial charge in [-0.15, -0.1) is 17.9 Å². The lowest BCUT2D eigenvalue weighted by Gasteiger charge is -2.10. The van der Waals surface area contributed by atoms with Crippen LogP contribution in [0.4, 0.5) is 5.00 Å². The van der Waals surface area contributed by atoms with Crippen LogP contribution in [0.25, 0.3) is 0 Å². The summed E-state index contributed by atoms with van der Waals surface area (Å²) < 4.78 is 5.63. The van der Waals surface area contributed by atoms with Gasteiger partial charge in [0, 0.05) is 4.88 Å². The number of para-hydroxylation sites is 1. The molecule has 1 heterocycles. The molecular formula is C19H20N2O3S. The number of anilines is 1. The van der Waals surface area contributed by atoms with Crippen molar-refractivity contribution in [1.29, 1.82) is 0 Å². The number of carbonyl (C=O) groups is 2. The minimum Gasteiger partial charge on any atom is -0.483 e. The van der Waals surface area contributed by atoms with Gasteiger partial charge in [-0.3, -0.25) is 9.59 Å². The largest absolute Gasteiger partial charge is 0.483 e. The number of rotatable bonds is 7. The Bertz CT molecular complexity index is 826. The van der Waals surface area contributed by atoms with Gasteiger partial charge in [0.1, 0.15) is 10.8 Å². The monoisotopic (exact) mass is 356 g/mol. The van der Waals surface area contributed by atoms with Crippen LogP contribution in [0.15, 0.2) is 36.9 Å². The summed E-state index contributed by atoms with van der Waals surface area (Å²) in [4.78, 5) is 25.2. The third-order valence-corrected chi connectivity index (χ3v) is 5.32. The van der Waals surface area contributed by atoms with E-state index in [-0.39, 0.29) is 12.5 Å². The highest BCUT2D eigenvalue weighted by molar-refractivity contribution is 7.17. The molecule has 2 aromatic rings. The minimum absolute atomic E-state index is 0.130. The van der Waals surface area contributed by atoms with Gasteiger partial charge < -0.3 is 15.8 Å². The number of fused-ring (bicyclic) bond motifs is 1. The topological polar surface area (TPSA) is 81.4 Å². The molecule has 1 aliphatic carbocycles.